The molecule has 2 fully saturated rings. The third-order valence-electron chi connectivity index (χ3n) is 8.05. The molecule has 0 heterocycles. The van der Waals surface area contributed by atoms with Crippen LogP contribution in [0, 0.1) is 17.8 Å². The number of alkyl halides is 5. The molecule has 0 unspecified atom stereocenters. The Morgan fingerprint density at radius 1 is 0.667 bits per heavy atom. The molecule has 2 aliphatic carbocycles. The third-order valence-corrected chi connectivity index (χ3v) is 8.05. The molecular weight excluding hydrogens is 475 g/mol. The summed E-state index contributed by atoms with van der Waals surface area (Å²) in [6.07, 6.45) is 4.28. The summed E-state index contributed by atoms with van der Waals surface area (Å²) in [6, 6.07) is 10.2. The van der Waals surface area contributed by atoms with Gasteiger partial charge in [-0.25, -0.2) is 0 Å². The molecule has 0 amide bonds. The largest absolute Gasteiger partial charge is 0.573 e. The number of rotatable bonds is 8. The Morgan fingerprint density at radius 3 is 1.67 bits per heavy atom. The average molecular weight is 511 g/mol. The van der Waals surface area contributed by atoms with Crippen LogP contribution in [0.3, 0.4) is 0 Å². The van der Waals surface area contributed by atoms with E-state index in [2.05, 4.69) is 11.7 Å². The lowest BCUT2D eigenvalue weighted by atomic mass is 9.68. The molecule has 0 aromatic heterocycles. The van der Waals surface area contributed by atoms with Gasteiger partial charge in [0, 0.05) is 0 Å². The van der Waals surface area contributed by atoms with E-state index in [1.165, 1.54) is 63.5 Å². The molecule has 0 N–H and O–H groups in total. The molecular formula is C29H35F5O2. The molecule has 2 saturated carbocycles. The summed E-state index contributed by atoms with van der Waals surface area (Å²) in [5.74, 6) is 2.22. The smallest absolute Gasteiger partial charge is 0.429 e. The molecule has 0 radical (unpaired) electrons. The lowest BCUT2D eigenvalue weighted by Gasteiger charge is -2.38. The van der Waals surface area contributed by atoms with E-state index in [0.29, 0.717) is 5.92 Å². The van der Waals surface area contributed by atoms with Crippen molar-refractivity contribution in [1.29, 1.82) is 0 Å². The van der Waals surface area contributed by atoms with E-state index in [1.807, 2.05) is 0 Å². The van der Waals surface area contributed by atoms with Crippen LogP contribution < -0.4 is 9.47 Å². The maximum absolute atomic E-state index is 14.7. The average Bonchev–Trinajstić information content (AvgIpc) is 2.85. The topological polar surface area (TPSA) is 18.5 Å². The molecule has 0 atom stereocenters. The highest BCUT2D eigenvalue weighted by molar-refractivity contribution is 5.33. The summed E-state index contributed by atoms with van der Waals surface area (Å²) in [5, 5.41) is 0. The van der Waals surface area contributed by atoms with Crippen molar-refractivity contribution in [2.24, 2.45) is 17.8 Å². The van der Waals surface area contributed by atoms with Crippen LogP contribution in [-0.4, -0.2) is 6.36 Å². The first-order valence-electron chi connectivity index (χ1n) is 13.2. The predicted octanol–water partition coefficient (Wildman–Crippen LogP) is 9.59. The summed E-state index contributed by atoms with van der Waals surface area (Å²) in [6.45, 7) is 2.27. The van der Waals surface area contributed by atoms with Gasteiger partial charge in [0.15, 0.2) is 0 Å². The van der Waals surface area contributed by atoms with Gasteiger partial charge in [-0.15, -0.1) is 13.2 Å². The lowest BCUT2D eigenvalue weighted by molar-refractivity contribution is -0.274. The summed E-state index contributed by atoms with van der Waals surface area (Å²) >= 11 is 0. The molecule has 7 heteroatoms. The SMILES string of the molecule is CCC[C@H]1CC[C@H]([C@H]2CC[C@H](c3ccc(C(F)(F)Oc4ccc(OC(F)(F)F)cc4)cc3)CC2)CC1. The molecule has 2 nitrogen and oxygen atoms in total. The van der Waals surface area contributed by atoms with Gasteiger partial charge in [0.1, 0.15) is 11.5 Å². The monoisotopic (exact) mass is 510 g/mol. The van der Waals surface area contributed by atoms with Gasteiger partial charge in [-0.05, 0) is 104 Å². The lowest BCUT2D eigenvalue weighted by Crippen LogP contribution is -2.25. The molecule has 36 heavy (non-hydrogen) atoms. The molecule has 4 rings (SSSR count). The van der Waals surface area contributed by atoms with E-state index < -0.39 is 18.2 Å². The molecule has 2 aliphatic rings. The third kappa shape index (κ3) is 7.13. The van der Waals surface area contributed by atoms with Gasteiger partial charge in [-0.3, -0.25) is 0 Å². The summed E-state index contributed by atoms with van der Waals surface area (Å²) in [4.78, 5) is 0. The highest BCUT2D eigenvalue weighted by Crippen LogP contribution is 2.45. The standard InChI is InChI=1S/C29H35F5O2/c1-2-3-20-4-6-21(7-5-20)22-8-10-23(11-9-22)24-12-14-25(15-13-24)28(30,31)35-26-16-18-27(19-17-26)36-29(32,33)34/h12-23H,2-11H2,1H3/t20-,21-,22-,23-. The van der Waals surface area contributed by atoms with Crippen LogP contribution in [0.15, 0.2) is 48.5 Å². The molecule has 0 saturated heterocycles. The molecule has 0 spiro atoms. The van der Waals surface area contributed by atoms with Gasteiger partial charge < -0.3 is 9.47 Å². The normalized spacial score (nSPS) is 25.4. The molecule has 2 aromatic carbocycles. The highest BCUT2D eigenvalue weighted by Gasteiger charge is 2.36. The maximum Gasteiger partial charge on any atom is 0.573 e. The molecule has 2 aromatic rings. The number of benzene rings is 2. The van der Waals surface area contributed by atoms with Crippen molar-refractivity contribution in [1.82, 2.24) is 0 Å². The van der Waals surface area contributed by atoms with Crippen LogP contribution in [0.4, 0.5) is 22.0 Å². The Labute approximate surface area is 210 Å². The van der Waals surface area contributed by atoms with Gasteiger partial charge in [-0.1, -0.05) is 44.7 Å². The summed E-state index contributed by atoms with van der Waals surface area (Å²) in [5.41, 5.74) is 0.785. The second-order valence-corrected chi connectivity index (χ2v) is 10.4. The zero-order chi connectivity index (χ0) is 25.8. The van der Waals surface area contributed by atoms with Crippen molar-refractivity contribution < 1.29 is 31.4 Å². The zero-order valence-electron chi connectivity index (χ0n) is 20.7. The maximum atomic E-state index is 14.7. The number of hydrogen-bond acceptors (Lipinski definition) is 2. The quantitative estimate of drug-likeness (QED) is 0.329. The first kappa shape index (κ1) is 26.7. The summed E-state index contributed by atoms with van der Waals surface area (Å²) < 4.78 is 74.7. The van der Waals surface area contributed by atoms with Crippen LogP contribution in [0.25, 0.3) is 0 Å². The van der Waals surface area contributed by atoms with Gasteiger partial charge >= 0.3 is 12.5 Å². The van der Waals surface area contributed by atoms with Gasteiger partial charge in [0.2, 0.25) is 0 Å². The van der Waals surface area contributed by atoms with Crippen molar-refractivity contribution in [2.75, 3.05) is 0 Å². The first-order valence-corrected chi connectivity index (χ1v) is 13.2. The van der Waals surface area contributed by atoms with Crippen LogP contribution in [0.2, 0.25) is 0 Å². The second-order valence-electron chi connectivity index (χ2n) is 10.4. The Kier molecular flexibility index (Phi) is 8.46. The van der Waals surface area contributed by atoms with Crippen molar-refractivity contribution in [2.45, 2.75) is 89.5 Å². The zero-order valence-corrected chi connectivity index (χ0v) is 20.7. The minimum Gasteiger partial charge on any atom is -0.429 e. The number of halogens is 5. The summed E-state index contributed by atoms with van der Waals surface area (Å²) in [7, 11) is 0. The highest BCUT2D eigenvalue weighted by atomic mass is 19.4. The fourth-order valence-corrected chi connectivity index (χ4v) is 6.15. The van der Waals surface area contributed by atoms with Crippen molar-refractivity contribution >= 4 is 0 Å². The van der Waals surface area contributed by atoms with Gasteiger partial charge in [0.25, 0.3) is 0 Å². The minimum absolute atomic E-state index is 0.249. The first-order chi connectivity index (χ1) is 17.1. The van der Waals surface area contributed by atoms with E-state index in [4.69, 9.17) is 4.74 Å². The predicted molar refractivity (Wildman–Crippen MR) is 129 cm³/mol. The van der Waals surface area contributed by atoms with Crippen LogP contribution in [0.5, 0.6) is 11.5 Å². The van der Waals surface area contributed by atoms with Crippen LogP contribution in [-0.2, 0) is 6.11 Å². The van der Waals surface area contributed by atoms with E-state index in [0.717, 1.165) is 60.4 Å². The van der Waals surface area contributed by atoms with Crippen molar-refractivity contribution in [3.63, 3.8) is 0 Å². The molecule has 0 bridgehead atoms. The Balaban J connectivity index is 1.29. The fourth-order valence-electron chi connectivity index (χ4n) is 6.15. The fraction of sp³-hybridized carbons (Fsp3) is 0.586. The van der Waals surface area contributed by atoms with E-state index >= 15 is 0 Å². The second kappa shape index (κ2) is 11.4. The Morgan fingerprint density at radius 2 is 1.17 bits per heavy atom. The number of hydrogen-bond donors (Lipinski definition) is 0. The van der Waals surface area contributed by atoms with E-state index in [9.17, 15) is 22.0 Å². The van der Waals surface area contributed by atoms with Gasteiger partial charge in [0.05, 0.1) is 5.56 Å². The molecule has 198 valence electrons. The van der Waals surface area contributed by atoms with Gasteiger partial charge in [-0.2, -0.15) is 8.78 Å². The van der Waals surface area contributed by atoms with Crippen LogP contribution >= 0.6 is 0 Å². The Hall–Kier alpha value is -2.31. The van der Waals surface area contributed by atoms with E-state index in [-0.39, 0.29) is 11.3 Å². The molecule has 0 aliphatic heterocycles. The van der Waals surface area contributed by atoms with E-state index in [1.54, 1.807) is 12.1 Å². The number of ether oxygens (including phenoxy) is 2. The Bertz CT molecular complexity index is 939. The van der Waals surface area contributed by atoms with Crippen molar-refractivity contribution in [3.8, 4) is 11.5 Å². The van der Waals surface area contributed by atoms with Crippen molar-refractivity contribution in [3.05, 3.63) is 59.7 Å². The minimum atomic E-state index is -4.85. The van der Waals surface area contributed by atoms with Crippen LogP contribution in [0.1, 0.15) is 88.2 Å².